The number of amides is 1. The van der Waals surface area contributed by atoms with Gasteiger partial charge in [-0.3, -0.25) is 10.2 Å². The second-order valence-corrected chi connectivity index (χ2v) is 4.73. The standard InChI is InChI=1S/C13H20N2O3/c1-13(2,12(16)15-14)9-18-11-6-4-5-10(7-11)8-17-3/h4-7H,8-9,14H2,1-3H3,(H,15,16). The molecule has 0 bridgehead atoms. The number of hydrogen-bond acceptors (Lipinski definition) is 4. The van der Waals surface area contributed by atoms with Crippen molar-refractivity contribution in [1.82, 2.24) is 5.43 Å². The lowest BCUT2D eigenvalue weighted by atomic mass is 9.94. The molecule has 3 N–H and O–H groups in total. The normalized spacial score (nSPS) is 11.1. The summed E-state index contributed by atoms with van der Waals surface area (Å²) >= 11 is 0. The minimum absolute atomic E-state index is 0.254. The van der Waals surface area contributed by atoms with E-state index >= 15 is 0 Å². The highest BCUT2D eigenvalue weighted by Crippen LogP contribution is 2.20. The van der Waals surface area contributed by atoms with Crippen LogP contribution in [0.2, 0.25) is 0 Å². The van der Waals surface area contributed by atoms with Gasteiger partial charge in [-0.1, -0.05) is 12.1 Å². The van der Waals surface area contributed by atoms with Gasteiger partial charge in [-0.2, -0.15) is 0 Å². The number of nitrogens with one attached hydrogen (secondary N) is 1. The summed E-state index contributed by atoms with van der Waals surface area (Å²) in [6, 6.07) is 7.57. The molecule has 0 saturated heterocycles. The molecular formula is C13H20N2O3. The predicted octanol–water partition coefficient (Wildman–Crippen LogP) is 1.23. The molecule has 0 unspecified atom stereocenters. The Morgan fingerprint density at radius 3 is 2.78 bits per heavy atom. The smallest absolute Gasteiger partial charge is 0.242 e. The number of hydrogen-bond donors (Lipinski definition) is 2. The van der Waals surface area contributed by atoms with Crippen LogP contribution < -0.4 is 16.0 Å². The summed E-state index contributed by atoms with van der Waals surface area (Å²) in [5.74, 6) is 5.58. The van der Waals surface area contributed by atoms with Gasteiger partial charge in [0.1, 0.15) is 12.4 Å². The highest BCUT2D eigenvalue weighted by Gasteiger charge is 2.27. The molecule has 1 rings (SSSR count). The van der Waals surface area contributed by atoms with Gasteiger partial charge >= 0.3 is 0 Å². The first-order valence-electron chi connectivity index (χ1n) is 5.71. The van der Waals surface area contributed by atoms with Crippen molar-refractivity contribution in [3.63, 3.8) is 0 Å². The minimum Gasteiger partial charge on any atom is -0.492 e. The molecule has 0 aromatic heterocycles. The van der Waals surface area contributed by atoms with Crippen LogP contribution in [0.4, 0.5) is 0 Å². The Bertz CT molecular complexity index is 405. The summed E-state index contributed by atoms with van der Waals surface area (Å²) in [6.45, 7) is 4.33. The highest BCUT2D eigenvalue weighted by atomic mass is 16.5. The fourth-order valence-electron chi connectivity index (χ4n) is 1.42. The van der Waals surface area contributed by atoms with Gasteiger partial charge in [0.15, 0.2) is 0 Å². The Kier molecular flexibility index (Phi) is 5.12. The quantitative estimate of drug-likeness (QED) is 0.453. The zero-order chi connectivity index (χ0) is 13.6. The van der Waals surface area contributed by atoms with E-state index in [0.717, 1.165) is 5.56 Å². The van der Waals surface area contributed by atoms with Gasteiger partial charge in [0.25, 0.3) is 0 Å². The van der Waals surface area contributed by atoms with Crippen LogP contribution in [0.5, 0.6) is 5.75 Å². The Morgan fingerprint density at radius 2 is 2.17 bits per heavy atom. The van der Waals surface area contributed by atoms with Gasteiger partial charge in [-0.05, 0) is 31.5 Å². The van der Waals surface area contributed by atoms with Gasteiger partial charge in [-0.15, -0.1) is 0 Å². The largest absolute Gasteiger partial charge is 0.492 e. The highest BCUT2D eigenvalue weighted by molar-refractivity contribution is 5.81. The summed E-state index contributed by atoms with van der Waals surface area (Å²) in [5, 5.41) is 0. The maximum Gasteiger partial charge on any atom is 0.242 e. The number of rotatable bonds is 6. The average Bonchev–Trinajstić information content (AvgIpc) is 2.36. The Morgan fingerprint density at radius 1 is 1.44 bits per heavy atom. The Labute approximate surface area is 107 Å². The molecular weight excluding hydrogens is 232 g/mol. The molecule has 0 radical (unpaired) electrons. The maximum absolute atomic E-state index is 11.5. The summed E-state index contributed by atoms with van der Waals surface area (Å²) < 4.78 is 10.7. The van der Waals surface area contributed by atoms with E-state index in [2.05, 4.69) is 5.43 Å². The molecule has 1 aromatic rings. The number of ether oxygens (including phenoxy) is 2. The van der Waals surface area contributed by atoms with Gasteiger partial charge < -0.3 is 9.47 Å². The summed E-state index contributed by atoms with van der Waals surface area (Å²) in [4.78, 5) is 11.5. The van der Waals surface area contributed by atoms with Crippen LogP contribution in [0.25, 0.3) is 0 Å². The summed E-state index contributed by atoms with van der Waals surface area (Å²) in [6.07, 6.45) is 0. The van der Waals surface area contributed by atoms with Crippen LogP contribution >= 0.6 is 0 Å². The van der Waals surface area contributed by atoms with Gasteiger partial charge in [0.05, 0.1) is 12.0 Å². The monoisotopic (exact) mass is 252 g/mol. The second-order valence-electron chi connectivity index (χ2n) is 4.73. The molecule has 5 heteroatoms. The first kappa shape index (κ1) is 14.5. The SMILES string of the molecule is COCc1cccc(OCC(C)(C)C(=O)NN)c1. The molecule has 1 amide bonds. The number of carbonyl (C=O) groups excluding carboxylic acids is 1. The van der Waals surface area contributed by atoms with E-state index in [4.69, 9.17) is 15.3 Å². The molecule has 1 aromatic carbocycles. The Hall–Kier alpha value is -1.59. The molecule has 0 spiro atoms. The summed E-state index contributed by atoms with van der Waals surface area (Å²) in [7, 11) is 1.64. The number of methoxy groups -OCH3 is 1. The Balaban J connectivity index is 2.63. The molecule has 0 heterocycles. The molecule has 5 nitrogen and oxygen atoms in total. The lowest BCUT2D eigenvalue weighted by Crippen LogP contribution is -2.44. The molecule has 0 aliphatic rings. The van der Waals surface area contributed by atoms with Crippen molar-refractivity contribution in [2.45, 2.75) is 20.5 Å². The molecule has 0 aliphatic carbocycles. The van der Waals surface area contributed by atoms with E-state index < -0.39 is 5.41 Å². The number of benzene rings is 1. The van der Waals surface area contributed by atoms with E-state index in [-0.39, 0.29) is 12.5 Å². The fraction of sp³-hybridized carbons (Fsp3) is 0.462. The van der Waals surface area contributed by atoms with E-state index in [1.54, 1.807) is 21.0 Å². The third-order valence-corrected chi connectivity index (χ3v) is 2.55. The van der Waals surface area contributed by atoms with E-state index in [1.165, 1.54) is 0 Å². The maximum atomic E-state index is 11.5. The lowest BCUT2D eigenvalue weighted by molar-refractivity contribution is -0.130. The molecule has 100 valence electrons. The van der Waals surface area contributed by atoms with E-state index in [0.29, 0.717) is 12.4 Å². The van der Waals surface area contributed by atoms with Crippen LogP contribution in [0, 0.1) is 5.41 Å². The third kappa shape index (κ3) is 4.01. The molecule has 0 aliphatic heterocycles. The van der Waals surface area contributed by atoms with Crippen molar-refractivity contribution in [3.8, 4) is 5.75 Å². The van der Waals surface area contributed by atoms with E-state index in [9.17, 15) is 4.79 Å². The van der Waals surface area contributed by atoms with Crippen molar-refractivity contribution in [2.24, 2.45) is 11.3 Å². The van der Waals surface area contributed by atoms with Gasteiger partial charge in [0, 0.05) is 7.11 Å². The van der Waals surface area contributed by atoms with Crippen LogP contribution in [0.1, 0.15) is 19.4 Å². The molecule has 0 fully saturated rings. The average molecular weight is 252 g/mol. The van der Waals surface area contributed by atoms with E-state index in [1.807, 2.05) is 24.3 Å². The van der Waals surface area contributed by atoms with Crippen LogP contribution in [-0.2, 0) is 16.1 Å². The van der Waals surface area contributed by atoms with Crippen molar-refractivity contribution in [1.29, 1.82) is 0 Å². The number of hydrazine groups is 1. The number of carbonyl (C=O) groups is 1. The van der Waals surface area contributed by atoms with Gasteiger partial charge in [0.2, 0.25) is 5.91 Å². The molecule has 0 saturated carbocycles. The molecule has 0 atom stereocenters. The van der Waals surface area contributed by atoms with Crippen LogP contribution in [0.3, 0.4) is 0 Å². The number of nitrogens with two attached hydrogens (primary N) is 1. The van der Waals surface area contributed by atoms with Gasteiger partial charge in [-0.25, -0.2) is 5.84 Å². The minimum atomic E-state index is -0.675. The first-order valence-corrected chi connectivity index (χ1v) is 5.71. The zero-order valence-electron chi connectivity index (χ0n) is 11.0. The first-order chi connectivity index (χ1) is 8.49. The summed E-state index contributed by atoms with van der Waals surface area (Å²) in [5.41, 5.74) is 2.48. The lowest BCUT2D eigenvalue weighted by Gasteiger charge is -2.22. The second kappa shape index (κ2) is 6.37. The van der Waals surface area contributed by atoms with Crippen molar-refractivity contribution in [2.75, 3.05) is 13.7 Å². The topological polar surface area (TPSA) is 73.6 Å². The van der Waals surface area contributed by atoms with Crippen molar-refractivity contribution in [3.05, 3.63) is 29.8 Å². The predicted molar refractivity (Wildman–Crippen MR) is 68.8 cm³/mol. The van der Waals surface area contributed by atoms with Crippen molar-refractivity contribution >= 4 is 5.91 Å². The van der Waals surface area contributed by atoms with Crippen LogP contribution in [0.15, 0.2) is 24.3 Å². The van der Waals surface area contributed by atoms with Crippen LogP contribution in [-0.4, -0.2) is 19.6 Å². The molecule has 18 heavy (non-hydrogen) atoms. The zero-order valence-corrected chi connectivity index (χ0v) is 11.0. The fourth-order valence-corrected chi connectivity index (χ4v) is 1.42. The third-order valence-electron chi connectivity index (χ3n) is 2.55. The van der Waals surface area contributed by atoms with Crippen molar-refractivity contribution < 1.29 is 14.3 Å².